The maximum atomic E-state index is 4.89. The van der Waals surface area contributed by atoms with Crippen molar-refractivity contribution in [3.8, 4) is 0 Å². The number of nitrogens with one attached hydrogen (secondary N) is 2. The Morgan fingerprint density at radius 2 is 1.21 bits per heavy atom. The second-order valence-electron chi connectivity index (χ2n) is 9.82. The van der Waals surface area contributed by atoms with Gasteiger partial charge in [-0.25, -0.2) is 19.9 Å². The number of likely N-dealkylation sites (tertiary alicyclic amines) is 1. The van der Waals surface area contributed by atoms with E-state index in [1.807, 2.05) is 26.2 Å². The minimum Gasteiger partial charge on any atom is -0.314 e. The van der Waals surface area contributed by atoms with Gasteiger partial charge in [0.25, 0.3) is 0 Å². The predicted octanol–water partition coefficient (Wildman–Crippen LogP) is 1.15. The first kappa shape index (κ1) is 23.7. The number of piperazine rings is 2. The Hall–Kier alpha value is -2.04. The SMILES string of the molecule is Cc1nccc(C(C2CCN(C(c3ccnc(C)n3)N3CCNCC3)CC2)N2CCNCC2)n1. The Balaban J connectivity index is 1.35. The van der Waals surface area contributed by atoms with Crippen LogP contribution in [0.1, 0.15) is 48.1 Å². The van der Waals surface area contributed by atoms with Crippen LogP contribution in [-0.4, -0.2) is 100 Å². The van der Waals surface area contributed by atoms with Crippen molar-refractivity contribution >= 4 is 0 Å². The van der Waals surface area contributed by atoms with Crippen molar-refractivity contribution < 1.29 is 0 Å². The summed E-state index contributed by atoms with van der Waals surface area (Å²) in [5.41, 5.74) is 2.33. The summed E-state index contributed by atoms with van der Waals surface area (Å²) >= 11 is 0. The zero-order valence-corrected chi connectivity index (χ0v) is 20.7. The quantitative estimate of drug-likeness (QED) is 0.652. The molecule has 34 heavy (non-hydrogen) atoms. The minimum absolute atomic E-state index is 0.226. The van der Waals surface area contributed by atoms with Gasteiger partial charge in [-0.15, -0.1) is 0 Å². The monoisotopic (exact) mass is 465 g/mol. The first-order valence-electron chi connectivity index (χ1n) is 12.9. The lowest BCUT2D eigenvalue weighted by molar-refractivity contribution is -0.00782. The molecule has 0 bridgehead atoms. The van der Waals surface area contributed by atoms with Gasteiger partial charge in [-0.3, -0.25) is 14.7 Å². The van der Waals surface area contributed by atoms with Crippen molar-refractivity contribution in [1.82, 2.24) is 45.3 Å². The van der Waals surface area contributed by atoms with Gasteiger partial charge in [-0.1, -0.05) is 0 Å². The average Bonchev–Trinajstić information content (AvgIpc) is 2.87. The molecule has 0 spiro atoms. The first-order valence-corrected chi connectivity index (χ1v) is 12.9. The van der Waals surface area contributed by atoms with E-state index in [0.717, 1.165) is 82.8 Å². The third-order valence-corrected chi connectivity index (χ3v) is 7.57. The van der Waals surface area contributed by atoms with Crippen LogP contribution in [0.5, 0.6) is 0 Å². The van der Waals surface area contributed by atoms with Crippen LogP contribution >= 0.6 is 0 Å². The molecule has 0 amide bonds. The molecule has 3 saturated heterocycles. The summed E-state index contributed by atoms with van der Waals surface area (Å²) in [4.78, 5) is 26.4. The number of rotatable bonds is 6. The molecule has 9 nitrogen and oxygen atoms in total. The van der Waals surface area contributed by atoms with E-state index in [4.69, 9.17) is 9.97 Å². The lowest BCUT2D eigenvalue weighted by Crippen LogP contribution is -2.53. The number of piperidine rings is 1. The van der Waals surface area contributed by atoms with E-state index in [9.17, 15) is 0 Å². The van der Waals surface area contributed by atoms with Crippen molar-refractivity contribution in [2.75, 3.05) is 65.4 Å². The van der Waals surface area contributed by atoms with Crippen LogP contribution in [0.15, 0.2) is 24.5 Å². The summed E-state index contributed by atoms with van der Waals surface area (Å²) in [6.45, 7) is 14.6. The van der Waals surface area contributed by atoms with Crippen LogP contribution in [0.3, 0.4) is 0 Å². The lowest BCUT2D eigenvalue weighted by atomic mass is 9.85. The smallest absolute Gasteiger partial charge is 0.125 e. The topological polar surface area (TPSA) is 85.3 Å². The number of hydrogen-bond donors (Lipinski definition) is 2. The first-order chi connectivity index (χ1) is 16.7. The number of aromatic nitrogens is 4. The minimum atomic E-state index is 0.226. The second kappa shape index (κ2) is 11.1. The van der Waals surface area contributed by atoms with Crippen molar-refractivity contribution in [3.05, 3.63) is 47.6 Å². The normalized spacial score (nSPS) is 23.6. The highest BCUT2D eigenvalue weighted by Crippen LogP contribution is 2.37. The molecule has 3 fully saturated rings. The summed E-state index contributed by atoms with van der Waals surface area (Å²) in [5, 5.41) is 7.01. The Morgan fingerprint density at radius 3 is 1.79 bits per heavy atom. The highest BCUT2D eigenvalue weighted by atomic mass is 15.4. The average molecular weight is 466 g/mol. The molecule has 0 radical (unpaired) electrons. The van der Waals surface area contributed by atoms with Crippen LogP contribution in [0, 0.1) is 19.8 Å². The molecule has 5 rings (SSSR count). The van der Waals surface area contributed by atoms with E-state index in [2.05, 4.69) is 47.4 Å². The molecular weight excluding hydrogens is 426 g/mol. The zero-order chi connectivity index (χ0) is 23.3. The van der Waals surface area contributed by atoms with E-state index >= 15 is 0 Å². The Labute approximate surface area is 203 Å². The summed E-state index contributed by atoms with van der Waals surface area (Å²) < 4.78 is 0. The van der Waals surface area contributed by atoms with Crippen LogP contribution in [0.25, 0.3) is 0 Å². The van der Waals surface area contributed by atoms with Gasteiger partial charge < -0.3 is 10.6 Å². The van der Waals surface area contributed by atoms with Gasteiger partial charge in [-0.05, 0) is 44.7 Å². The third kappa shape index (κ3) is 5.44. The third-order valence-electron chi connectivity index (χ3n) is 7.57. The molecule has 2 N–H and O–H groups in total. The Morgan fingerprint density at radius 1 is 0.706 bits per heavy atom. The molecule has 0 aliphatic carbocycles. The molecule has 184 valence electrons. The Kier molecular flexibility index (Phi) is 7.76. The fraction of sp³-hybridized carbons (Fsp3) is 0.680. The summed E-state index contributed by atoms with van der Waals surface area (Å²) in [7, 11) is 0. The predicted molar refractivity (Wildman–Crippen MR) is 132 cm³/mol. The van der Waals surface area contributed by atoms with Gasteiger partial charge in [0.15, 0.2) is 0 Å². The van der Waals surface area contributed by atoms with E-state index in [-0.39, 0.29) is 6.17 Å². The molecule has 0 saturated carbocycles. The highest BCUT2D eigenvalue weighted by molar-refractivity contribution is 5.12. The summed E-state index contributed by atoms with van der Waals surface area (Å²) in [5.74, 6) is 2.32. The van der Waals surface area contributed by atoms with Crippen LogP contribution in [0.2, 0.25) is 0 Å². The molecule has 3 aliphatic heterocycles. The molecule has 5 heterocycles. The van der Waals surface area contributed by atoms with Gasteiger partial charge in [0.05, 0.1) is 17.4 Å². The van der Waals surface area contributed by atoms with Crippen LogP contribution < -0.4 is 10.6 Å². The summed E-state index contributed by atoms with van der Waals surface area (Å²) in [6, 6.07) is 4.61. The van der Waals surface area contributed by atoms with E-state index < -0.39 is 0 Å². The van der Waals surface area contributed by atoms with Crippen molar-refractivity contribution in [3.63, 3.8) is 0 Å². The molecule has 2 aromatic heterocycles. The van der Waals surface area contributed by atoms with Gasteiger partial charge in [0.1, 0.15) is 17.8 Å². The van der Waals surface area contributed by atoms with Gasteiger partial charge in [-0.2, -0.15) is 0 Å². The van der Waals surface area contributed by atoms with Crippen molar-refractivity contribution in [2.45, 2.75) is 38.9 Å². The van der Waals surface area contributed by atoms with Gasteiger partial charge in [0.2, 0.25) is 0 Å². The van der Waals surface area contributed by atoms with Gasteiger partial charge in [0, 0.05) is 77.8 Å². The van der Waals surface area contributed by atoms with Gasteiger partial charge >= 0.3 is 0 Å². The molecule has 2 aromatic rings. The highest BCUT2D eigenvalue weighted by Gasteiger charge is 2.37. The lowest BCUT2D eigenvalue weighted by Gasteiger charge is -2.46. The fourth-order valence-electron chi connectivity index (χ4n) is 5.96. The standard InChI is InChI=1S/C25H39N9/c1-19-28-7-3-22(30-19)24(32-15-9-26-10-16-32)21-5-13-33(14-6-21)25(34-17-11-27-12-18-34)23-4-8-29-20(2)31-23/h3-4,7-8,21,24-27H,5-6,9-18H2,1-2H3. The van der Waals surface area contributed by atoms with E-state index in [1.54, 1.807) is 0 Å². The number of aryl methyl sites for hydroxylation is 2. The van der Waals surface area contributed by atoms with Crippen molar-refractivity contribution in [2.24, 2.45) is 5.92 Å². The van der Waals surface area contributed by atoms with E-state index in [1.165, 1.54) is 18.5 Å². The summed E-state index contributed by atoms with van der Waals surface area (Å²) in [6.07, 6.45) is 6.41. The zero-order valence-electron chi connectivity index (χ0n) is 20.7. The molecule has 3 aliphatic rings. The molecule has 9 heteroatoms. The molecular formula is C25H39N9. The maximum Gasteiger partial charge on any atom is 0.125 e. The molecule has 2 atom stereocenters. The van der Waals surface area contributed by atoms with Crippen LogP contribution in [-0.2, 0) is 0 Å². The largest absolute Gasteiger partial charge is 0.314 e. The Bertz CT molecular complexity index is 843. The number of hydrogen-bond acceptors (Lipinski definition) is 9. The number of nitrogens with zero attached hydrogens (tertiary/aromatic N) is 7. The maximum absolute atomic E-state index is 4.89. The van der Waals surface area contributed by atoms with Crippen molar-refractivity contribution in [1.29, 1.82) is 0 Å². The second-order valence-corrected chi connectivity index (χ2v) is 9.82. The van der Waals surface area contributed by atoms with E-state index in [0.29, 0.717) is 12.0 Å². The molecule has 0 aromatic carbocycles. The molecule has 2 unspecified atom stereocenters. The fourth-order valence-corrected chi connectivity index (χ4v) is 5.96. The van der Waals surface area contributed by atoms with Crippen LogP contribution in [0.4, 0.5) is 0 Å².